The van der Waals surface area contributed by atoms with Crippen molar-refractivity contribution in [2.75, 3.05) is 34.2 Å². The number of rotatable bonds is 6. The van der Waals surface area contributed by atoms with Crippen LogP contribution in [0.5, 0.6) is 0 Å². The first-order chi connectivity index (χ1) is 9.77. The van der Waals surface area contributed by atoms with E-state index in [-0.39, 0.29) is 11.3 Å². The summed E-state index contributed by atoms with van der Waals surface area (Å²) >= 11 is 0. The number of aryl methyl sites for hydroxylation is 1. The van der Waals surface area contributed by atoms with E-state index in [1.807, 2.05) is 27.0 Å². The van der Waals surface area contributed by atoms with Crippen LogP contribution in [-0.4, -0.2) is 59.9 Å². The lowest BCUT2D eigenvalue weighted by atomic mass is 9.75. The number of hydrogen-bond acceptors (Lipinski definition) is 3. The van der Waals surface area contributed by atoms with E-state index in [0.717, 1.165) is 23.5 Å². The van der Waals surface area contributed by atoms with Crippen LogP contribution >= 0.6 is 0 Å². The molecule has 1 saturated carbocycles. The smallest absolute Gasteiger partial charge is 0.178 e. The van der Waals surface area contributed by atoms with Gasteiger partial charge < -0.3 is 9.47 Å². The van der Waals surface area contributed by atoms with Crippen molar-refractivity contribution in [3.8, 4) is 0 Å². The number of hydrogen-bond donors (Lipinski definition) is 0. The molecule has 2 rings (SSSR count). The lowest BCUT2D eigenvalue weighted by Crippen LogP contribution is -2.57. The van der Waals surface area contributed by atoms with Crippen molar-refractivity contribution in [1.82, 2.24) is 14.4 Å². The number of nitrogens with zero attached hydrogens (tertiary/aromatic N) is 3. The molecule has 1 fully saturated rings. The molecule has 0 spiro atoms. The number of carbonyl (C=O) groups excluding carboxylic acids is 1. The molecule has 21 heavy (non-hydrogen) atoms. The number of aromatic nitrogens is 1. The van der Waals surface area contributed by atoms with E-state index in [1.165, 1.54) is 19.3 Å². The molecule has 0 bridgehead atoms. The van der Waals surface area contributed by atoms with Crippen LogP contribution in [-0.2, 0) is 7.05 Å². The number of Topliss-reactive ketones (excluding diaryl/α,β-unsaturated/α-hetero) is 1. The van der Waals surface area contributed by atoms with Gasteiger partial charge in [0.15, 0.2) is 5.78 Å². The van der Waals surface area contributed by atoms with Gasteiger partial charge in [-0.1, -0.05) is 0 Å². The molecule has 0 aliphatic heterocycles. The molecular weight excluding hydrogens is 262 g/mol. The van der Waals surface area contributed by atoms with Gasteiger partial charge in [-0.05, 0) is 60.3 Å². The molecule has 0 unspecified atom stereocenters. The van der Waals surface area contributed by atoms with Crippen LogP contribution in [0.1, 0.15) is 41.0 Å². The Morgan fingerprint density at radius 1 is 1.29 bits per heavy atom. The van der Waals surface area contributed by atoms with Crippen LogP contribution in [0.25, 0.3) is 0 Å². The van der Waals surface area contributed by atoms with Gasteiger partial charge in [0.05, 0.1) is 6.54 Å². The summed E-state index contributed by atoms with van der Waals surface area (Å²) in [5.74, 6) is 0.229. The second kappa shape index (κ2) is 5.93. The molecular formula is C17H29N3O. The second-order valence-corrected chi connectivity index (χ2v) is 6.91. The first-order valence-electron chi connectivity index (χ1n) is 7.79. The molecule has 1 aliphatic carbocycles. The molecule has 0 N–H and O–H groups in total. The zero-order valence-corrected chi connectivity index (χ0v) is 14.4. The van der Waals surface area contributed by atoms with Crippen molar-refractivity contribution in [2.45, 2.75) is 38.6 Å². The summed E-state index contributed by atoms with van der Waals surface area (Å²) in [4.78, 5) is 17.0. The van der Waals surface area contributed by atoms with Gasteiger partial charge in [0.25, 0.3) is 0 Å². The van der Waals surface area contributed by atoms with E-state index in [0.29, 0.717) is 6.54 Å². The van der Waals surface area contributed by atoms with Crippen LogP contribution in [0.4, 0.5) is 0 Å². The summed E-state index contributed by atoms with van der Waals surface area (Å²) < 4.78 is 2.08. The maximum atomic E-state index is 12.5. The molecule has 4 nitrogen and oxygen atoms in total. The molecule has 1 aliphatic rings. The third kappa shape index (κ3) is 3.06. The number of ketones is 1. The summed E-state index contributed by atoms with van der Waals surface area (Å²) in [5, 5.41) is 0. The number of likely N-dealkylation sites (N-methyl/N-ethyl adjacent to an activating group) is 2. The highest BCUT2D eigenvalue weighted by molar-refractivity contribution is 5.99. The Morgan fingerprint density at radius 3 is 2.29 bits per heavy atom. The molecule has 0 saturated heterocycles. The van der Waals surface area contributed by atoms with E-state index >= 15 is 0 Å². The topological polar surface area (TPSA) is 28.5 Å². The summed E-state index contributed by atoms with van der Waals surface area (Å²) in [7, 11) is 8.38. The Hall–Kier alpha value is -1.13. The molecule has 1 heterocycles. The van der Waals surface area contributed by atoms with Crippen LogP contribution in [0.3, 0.4) is 0 Å². The summed E-state index contributed by atoms with van der Waals surface area (Å²) in [6.07, 6.45) is 3.78. The predicted octanol–water partition coefficient (Wildman–Crippen LogP) is 2.24. The quantitative estimate of drug-likeness (QED) is 0.753. The Balaban J connectivity index is 2.01. The normalized spacial score (nSPS) is 17.3. The van der Waals surface area contributed by atoms with Gasteiger partial charge in [-0.15, -0.1) is 0 Å². The first kappa shape index (κ1) is 16.2. The maximum Gasteiger partial charge on any atom is 0.178 e. The molecule has 0 radical (unpaired) electrons. The van der Waals surface area contributed by atoms with Gasteiger partial charge in [0, 0.05) is 36.1 Å². The minimum atomic E-state index is 0.229. The van der Waals surface area contributed by atoms with Crippen molar-refractivity contribution in [3.05, 3.63) is 23.0 Å². The van der Waals surface area contributed by atoms with Gasteiger partial charge >= 0.3 is 0 Å². The van der Waals surface area contributed by atoms with E-state index < -0.39 is 0 Å². The summed E-state index contributed by atoms with van der Waals surface area (Å²) in [6, 6.07) is 2.01. The van der Waals surface area contributed by atoms with Crippen LogP contribution in [0.15, 0.2) is 6.07 Å². The van der Waals surface area contributed by atoms with Crippen molar-refractivity contribution in [1.29, 1.82) is 0 Å². The summed E-state index contributed by atoms with van der Waals surface area (Å²) in [6.45, 7) is 5.53. The van der Waals surface area contributed by atoms with Crippen molar-refractivity contribution in [2.24, 2.45) is 7.05 Å². The fourth-order valence-corrected chi connectivity index (χ4v) is 3.36. The highest BCUT2D eigenvalue weighted by Crippen LogP contribution is 2.36. The predicted molar refractivity (Wildman–Crippen MR) is 87.0 cm³/mol. The Bertz CT molecular complexity index is 526. The van der Waals surface area contributed by atoms with Gasteiger partial charge in [0.1, 0.15) is 0 Å². The maximum absolute atomic E-state index is 12.5. The molecule has 118 valence electrons. The standard InChI is InChI=1S/C17H29N3O/c1-13-10-15(14(2)20(13)6)16(21)11-19(5)12-17(18(3)4)8-7-9-17/h10H,7-9,11-12H2,1-6H3. The Labute approximate surface area is 128 Å². The van der Waals surface area contributed by atoms with E-state index in [4.69, 9.17) is 0 Å². The van der Waals surface area contributed by atoms with Gasteiger partial charge in [-0.3, -0.25) is 9.69 Å². The average Bonchev–Trinajstić information content (AvgIpc) is 2.61. The van der Waals surface area contributed by atoms with Crippen LogP contribution < -0.4 is 0 Å². The SMILES string of the molecule is Cc1cc(C(=O)CN(C)CC2(N(C)C)CCC2)c(C)n1C. The fraction of sp³-hybridized carbons (Fsp3) is 0.706. The Kier molecular flexibility index (Phi) is 4.59. The van der Waals surface area contributed by atoms with Gasteiger partial charge in [-0.2, -0.15) is 0 Å². The molecule has 1 aromatic rings. The van der Waals surface area contributed by atoms with Crippen molar-refractivity contribution in [3.63, 3.8) is 0 Å². The van der Waals surface area contributed by atoms with Crippen LogP contribution in [0.2, 0.25) is 0 Å². The molecule has 0 amide bonds. The Morgan fingerprint density at radius 2 is 1.90 bits per heavy atom. The van der Waals surface area contributed by atoms with E-state index in [1.54, 1.807) is 0 Å². The fourth-order valence-electron chi connectivity index (χ4n) is 3.36. The monoisotopic (exact) mass is 291 g/mol. The molecule has 0 atom stereocenters. The first-order valence-corrected chi connectivity index (χ1v) is 7.79. The minimum Gasteiger partial charge on any atom is -0.351 e. The van der Waals surface area contributed by atoms with Gasteiger partial charge in [0.2, 0.25) is 0 Å². The largest absolute Gasteiger partial charge is 0.351 e. The van der Waals surface area contributed by atoms with Gasteiger partial charge in [-0.25, -0.2) is 0 Å². The lowest BCUT2D eigenvalue weighted by molar-refractivity contribution is 0.0280. The lowest BCUT2D eigenvalue weighted by Gasteiger charge is -2.49. The third-order valence-electron chi connectivity index (χ3n) is 5.29. The molecule has 1 aromatic heterocycles. The number of carbonyl (C=O) groups is 1. The zero-order chi connectivity index (χ0) is 15.8. The minimum absolute atomic E-state index is 0.229. The molecule has 0 aromatic carbocycles. The second-order valence-electron chi connectivity index (χ2n) is 6.91. The zero-order valence-electron chi connectivity index (χ0n) is 14.4. The van der Waals surface area contributed by atoms with Crippen molar-refractivity contribution < 1.29 is 4.79 Å². The van der Waals surface area contributed by atoms with Crippen molar-refractivity contribution >= 4 is 5.78 Å². The van der Waals surface area contributed by atoms with E-state index in [9.17, 15) is 4.79 Å². The highest BCUT2D eigenvalue weighted by atomic mass is 16.1. The van der Waals surface area contributed by atoms with E-state index in [2.05, 4.69) is 35.5 Å². The van der Waals surface area contributed by atoms with Crippen LogP contribution in [0, 0.1) is 13.8 Å². The average molecular weight is 291 g/mol. The molecule has 4 heteroatoms. The third-order valence-corrected chi connectivity index (χ3v) is 5.29. The summed E-state index contributed by atoms with van der Waals surface area (Å²) in [5.41, 5.74) is 3.35. The highest BCUT2D eigenvalue weighted by Gasteiger charge is 2.40.